The van der Waals surface area contributed by atoms with Crippen molar-refractivity contribution in [2.45, 2.75) is 19.8 Å². The van der Waals surface area contributed by atoms with E-state index in [0.29, 0.717) is 6.42 Å². The molecular formula is C12H18N2O2. The van der Waals surface area contributed by atoms with Crippen LogP contribution in [0.1, 0.15) is 18.4 Å². The summed E-state index contributed by atoms with van der Waals surface area (Å²) in [6, 6.07) is 3.85. The van der Waals surface area contributed by atoms with Gasteiger partial charge in [-0.15, -0.1) is 0 Å². The quantitative estimate of drug-likeness (QED) is 0.823. The minimum absolute atomic E-state index is 0.165. The molecule has 1 amide bonds. The zero-order valence-electron chi connectivity index (χ0n) is 9.66. The number of aryl methyl sites for hydroxylation is 1. The number of nitrogens with one attached hydrogen (secondary N) is 1. The van der Waals surface area contributed by atoms with Crippen LogP contribution in [0.5, 0.6) is 0 Å². The molecule has 1 aliphatic rings. The van der Waals surface area contributed by atoms with Gasteiger partial charge in [-0.1, -0.05) is 6.92 Å². The van der Waals surface area contributed by atoms with Gasteiger partial charge in [0.2, 0.25) is 5.91 Å². The Morgan fingerprint density at radius 1 is 1.38 bits per heavy atom. The fourth-order valence-electron chi connectivity index (χ4n) is 1.88. The lowest BCUT2D eigenvalue weighted by Gasteiger charge is -2.27. The summed E-state index contributed by atoms with van der Waals surface area (Å²) >= 11 is 0. The first kappa shape index (κ1) is 11.2. The summed E-state index contributed by atoms with van der Waals surface area (Å²) in [6.07, 6.45) is 1.27. The summed E-state index contributed by atoms with van der Waals surface area (Å²) in [7, 11) is 0. The zero-order valence-corrected chi connectivity index (χ0v) is 9.66. The largest absolute Gasteiger partial charge is 0.466 e. The number of amides is 1. The second-order valence-electron chi connectivity index (χ2n) is 4.03. The molecule has 0 atom stereocenters. The number of nitrogens with zero attached hydrogens (tertiary/aromatic N) is 1. The number of carbonyl (C=O) groups excluding carboxylic acids is 1. The molecule has 0 bridgehead atoms. The van der Waals surface area contributed by atoms with E-state index in [2.05, 4.69) is 5.32 Å². The Morgan fingerprint density at radius 3 is 2.69 bits per heavy atom. The third kappa shape index (κ3) is 2.64. The van der Waals surface area contributed by atoms with E-state index in [9.17, 15) is 4.79 Å². The maximum atomic E-state index is 11.9. The maximum Gasteiger partial charge on any atom is 0.230 e. The zero-order chi connectivity index (χ0) is 11.4. The average molecular weight is 222 g/mol. The van der Waals surface area contributed by atoms with E-state index in [4.69, 9.17) is 4.42 Å². The van der Waals surface area contributed by atoms with Crippen LogP contribution in [-0.2, 0) is 17.6 Å². The van der Waals surface area contributed by atoms with Crippen molar-refractivity contribution in [3.63, 3.8) is 0 Å². The summed E-state index contributed by atoms with van der Waals surface area (Å²) in [4.78, 5) is 13.8. The van der Waals surface area contributed by atoms with Crippen molar-refractivity contribution >= 4 is 5.91 Å². The monoisotopic (exact) mass is 222 g/mol. The van der Waals surface area contributed by atoms with Gasteiger partial charge in [-0.05, 0) is 12.1 Å². The van der Waals surface area contributed by atoms with Gasteiger partial charge in [0.05, 0.1) is 6.42 Å². The third-order valence-electron chi connectivity index (χ3n) is 2.86. The minimum Gasteiger partial charge on any atom is -0.466 e. The first-order valence-corrected chi connectivity index (χ1v) is 5.85. The molecule has 2 rings (SSSR count). The second kappa shape index (κ2) is 5.16. The fourth-order valence-corrected chi connectivity index (χ4v) is 1.88. The smallest absolute Gasteiger partial charge is 0.230 e. The lowest BCUT2D eigenvalue weighted by molar-refractivity contribution is -0.131. The van der Waals surface area contributed by atoms with Crippen molar-refractivity contribution < 1.29 is 9.21 Å². The standard InChI is InChI=1S/C12H18N2O2/c1-2-10-3-4-11(16-10)9-12(15)14-7-5-13-6-8-14/h3-4,13H,2,5-9H2,1H3. The minimum atomic E-state index is 0.165. The fraction of sp³-hybridized carbons (Fsp3) is 0.583. The Hall–Kier alpha value is -1.29. The second-order valence-corrected chi connectivity index (χ2v) is 4.03. The van der Waals surface area contributed by atoms with E-state index < -0.39 is 0 Å². The van der Waals surface area contributed by atoms with Crippen LogP contribution in [0.3, 0.4) is 0 Å². The Morgan fingerprint density at radius 2 is 2.06 bits per heavy atom. The molecule has 4 heteroatoms. The van der Waals surface area contributed by atoms with Gasteiger partial charge >= 0.3 is 0 Å². The van der Waals surface area contributed by atoms with Crippen molar-refractivity contribution in [3.05, 3.63) is 23.7 Å². The first-order valence-electron chi connectivity index (χ1n) is 5.85. The Labute approximate surface area is 95.6 Å². The Balaban J connectivity index is 1.90. The maximum absolute atomic E-state index is 11.9. The molecule has 16 heavy (non-hydrogen) atoms. The first-order chi connectivity index (χ1) is 7.79. The molecule has 88 valence electrons. The SMILES string of the molecule is CCc1ccc(CC(=O)N2CCNCC2)o1. The number of hydrogen-bond acceptors (Lipinski definition) is 3. The topological polar surface area (TPSA) is 45.5 Å². The van der Waals surface area contributed by atoms with Crippen LogP contribution in [0.25, 0.3) is 0 Å². The van der Waals surface area contributed by atoms with Gasteiger partial charge < -0.3 is 14.6 Å². The highest BCUT2D eigenvalue weighted by molar-refractivity contribution is 5.78. The van der Waals surface area contributed by atoms with Gasteiger partial charge in [-0.3, -0.25) is 4.79 Å². The predicted octanol–water partition coefficient (Wildman–Crippen LogP) is 0.816. The highest BCUT2D eigenvalue weighted by Crippen LogP contribution is 2.10. The Bertz CT molecular complexity index is 354. The van der Waals surface area contributed by atoms with Crippen LogP contribution >= 0.6 is 0 Å². The van der Waals surface area contributed by atoms with Gasteiger partial charge in [0.25, 0.3) is 0 Å². The van der Waals surface area contributed by atoms with Gasteiger partial charge in [-0.25, -0.2) is 0 Å². The van der Waals surface area contributed by atoms with Crippen LogP contribution in [0.2, 0.25) is 0 Å². The summed E-state index contributed by atoms with van der Waals surface area (Å²) in [5.74, 6) is 1.89. The molecule has 0 spiro atoms. The molecule has 1 aromatic rings. The van der Waals surface area contributed by atoms with E-state index in [0.717, 1.165) is 44.1 Å². The van der Waals surface area contributed by atoms with E-state index in [1.54, 1.807) is 0 Å². The highest BCUT2D eigenvalue weighted by atomic mass is 16.3. The molecule has 1 N–H and O–H groups in total. The molecule has 1 aromatic heterocycles. The molecule has 4 nitrogen and oxygen atoms in total. The van der Waals surface area contributed by atoms with E-state index >= 15 is 0 Å². The molecule has 0 aromatic carbocycles. The van der Waals surface area contributed by atoms with E-state index in [1.165, 1.54) is 0 Å². The molecule has 1 aliphatic heterocycles. The molecule has 1 fully saturated rings. The van der Waals surface area contributed by atoms with Crippen molar-refractivity contribution in [3.8, 4) is 0 Å². The number of piperazine rings is 1. The number of rotatable bonds is 3. The Kier molecular flexibility index (Phi) is 3.62. The molecule has 0 saturated carbocycles. The molecule has 2 heterocycles. The highest BCUT2D eigenvalue weighted by Gasteiger charge is 2.17. The van der Waals surface area contributed by atoms with Crippen molar-refractivity contribution in [1.82, 2.24) is 10.2 Å². The molecule has 0 radical (unpaired) electrons. The number of carbonyl (C=O) groups is 1. The third-order valence-corrected chi connectivity index (χ3v) is 2.86. The van der Waals surface area contributed by atoms with Gasteiger partial charge in [0.15, 0.2) is 0 Å². The van der Waals surface area contributed by atoms with Gasteiger partial charge in [0, 0.05) is 32.6 Å². The van der Waals surface area contributed by atoms with Crippen LogP contribution in [0, 0.1) is 0 Å². The molecule has 0 aliphatic carbocycles. The molecular weight excluding hydrogens is 204 g/mol. The molecule has 0 unspecified atom stereocenters. The van der Waals surface area contributed by atoms with Gasteiger partial charge in [0.1, 0.15) is 11.5 Å². The van der Waals surface area contributed by atoms with Crippen molar-refractivity contribution in [1.29, 1.82) is 0 Å². The predicted molar refractivity (Wildman–Crippen MR) is 61.2 cm³/mol. The summed E-state index contributed by atoms with van der Waals surface area (Å²) < 4.78 is 5.53. The van der Waals surface area contributed by atoms with E-state index in [-0.39, 0.29) is 5.91 Å². The number of hydrogen-bond donors (Lipinski definition) is 1. The van der Waals surface area contributed by atoms with E-state index in [1.807, 2.05) is 24.0 Å². The summed E-state index contributed by atoms with van der Waals surface area (Å²) in [5, 5.41) is 3.23. The average Bonchev–Trinajstić information content (AvgIpc) is 2.78. The van der Waals surface area contributed by atoms with Crippen LogP contribution < -0.4 is 5.32 Å². The molecule has 1 saturated heterocycles. The summed E-state index contributed by atoms with van der Waals surface area (Å²) in [6.45, 7) is 5.44. The van der Waals surface area contributed by atoms with Crippen molar-refractivity contribution in [2.24, 2.45) is 0 Å². The van der Waals surface area contributed by atoms with Crippen molar-refractivity contribution in [2.75, 3.05) is 26.2 Å². The van der Waals surface area contributed by atoms with Gasteiger partial charge in [-0.2, -0.15) is 0 Å². The van der Waals surface area contributed by atoms with Crippen LogP contribution in [0.4, 0.5) is 0 Å². The van der Waals surface area contributed by atoms with Crippen LogP contribution in [0.15, 0.2) is 16.5 Å². The number of furan rings is 1. The summed E-state index contributed by atoms with van der Waals surface area (Å²) in [5.41, 5.74) is 0. The normalized spacial score (nSPS) is 16.4. The van der Waals surface area contributed by atoms with Crippen LogP contribution in [-0.4, -0.2) is 37.0 Å². The lowest BCUT2D eigenvalue weighted by Crippen LogP contribution is -2.46. The lowest BCUT2D eigenvalue weighted by atomic mass is 10.2.